The van der Waals surface area contributed by atoms with Gasteiger partial charge >= 0.3 is 6.09 Å². The molecule has 0 saturated heterocycles. The molecule has 0 spiro atoms. The van der Waals surface area contributed by atoms with E-state index in [0.717, 1.165) is 35.3 Å². The van der Waals surface area contributed by atoms with Crippen molar-refractivity contribution in [1.29, 1.82) is 0 Å². The van der Waals surface area contributed by atoms with Crippen LogP contribution in [0.15, 0.2) is 36.7 Å². The van der Waals surface area contributed by atoms with Crippen LogP contribution >= 0.6 is 0 Å². The summed E-state index contributed by atoms with van der Waals surface area (Å²) < 4.78 is 6.93. The van der Waals surface area contributed by atoms with E-state index in [4.69, 9.17) is 4.74 Å². The molecule has 0 unspecified atom stereocenters. The Bertz CT molecular complexity index is 917. The van der Waals surface area contributed by atoms with Gasteiger partial charge in [-0.15, -0.1) is 0 Å². The number of methoxy groups -OCH3 is 1. The third-order valence-corrected chi connectivity index (χ3v) is 4.22. The van der Waals surface area contributed by atoms with Gasteiger partial charge in [-0.1, -0.05) is 0 Å². The topological polar surface area (TPSA) is 80.0 Å². The van der Waals surface area contributed by atoms with E-state index in [2.05, 4.69) is 9.97 Å². The Morgan fingerprint density at radius 2 is 2.08 bits per heavy atom. The van der Waals surface area contributed by atoms with Crippen molar-refractivity contribution in [3.05, 3.63) is 42.4 Å². The van der Waals surface area contributed by atoms with Gasteiger partial charge in [0.15, 0.2) is 0 Å². The molecule has 122 valence electrons. The first-order chi connectivity index (χ1) is 11.7. The molecule has 0 saturated carbocycles. The second kappa shape index (κ2) is 5.52. The minimum atomic E-state index is -0.950. The van der Waals surface area contributed by atoms with Gasteiger partial charge in [-0.2, -0.15) is 0 Å². The minimum Gasteiger partial charge on any atom is -0.481 e. The summed E-state index contributed by atoms with van der Waals surface area (Å²) in [7, 11) is 1.58. The standard InChI is InChI=1S/C17H16N4O3/c1-24-15-7-5-11(9-18-15)12-4-6-14-19-13-3-2-8-20(17(22)23)16(13)21(14)10-12/h4-7,9-10H,2-3,8H2,1H3,(H,22,23). The van der Waals surface area contributed by atoms with Crippen molar-refractivity contribution in [3.8, 4) is 17.0 Å². The number of aryl methyl sites for hydroxylation is 1. The fraction of sp³-hybridized carbons (Fsp3) is 0.235. The number of aromatic nitrogens is 3. The van der Waals surface area contributed by atoms with Gasteiger partial charge in [0.1, 0.15) is 11.5 Å². The smallest absolute Gasteiger partial charge is 0.413 e. The molecule has 3 aromatic heterocycles. The van der Waals surface area contributed by atoms with Gasteiger partial charge in [0, 0.05) is 36.1 Å². The van der Waals surface area contributed by atoms with Crippen LogP contribution in [-0.4, -0.2) is 39.2 Å². The maximum absolute atomic E-state index is 11.5. The molecule has 0 atom stereocenters. The van der Waals surface area contributed by atoms with E-state index in [1.54, 1.807) is 19.4 Å². The number of carbonyl (C=O) groups is 1. The van der Waals surface area contributed by atoms with Gasteiger partial charge in [0.05, 0.1) is 12.8 Å². The van der Waals surface area contributed by atoms with Gasteiger partial charge in [-0.05, 0) is 31.0 Å². The first kappa shape index (κ1) is 14.5. The van der Waals surface area contributed by atoms with Crippen LogP contribution in [0.5, 0.6) is 5.88 Å². The highest BCUT2D eigenvalue weighted by atomic mass is 16.5. The lowest BCUT2D eigenvalue weighted by Gasteiger charge is -2.23. The maximum Gasteiger partial charge on any atom is 0.413 e. The maximum atomic E-state index is 11.5. The Morgan fingerprint density at radius 1 is 1.25 bits per heavy atom. The number of imidazole rings is 1. The van der Waals surface area contributed by atoms with Crippen LogP contribution in [0.1, 0.15) is 12.1 Å². The normalized spacial score (nSPS) is 13.8. The largest absolute Gasteiger partial charge is 0.481 e. The van der Waals surface area contributed by atoms with Crippen molar-refractivity contribution in [2.75, 3.05) is 18.6 Å². The highest BCUT2D eigenvalue weighted by Gasteiger charge is 2.27. The predicted octanol–water partition coefficient (Wildman–Crippen LogP) is 2.84. The Labute approximate surface area is 138 Å². The number of hydrogen-bond donors (Lipinski definition) is 1. The first-order valence-electron chi connectivity index (χ1n) is 7.69. The van der Waals surface area contributed by atoms with Crippen LogP contribution in [0.25, 0.3) is 16.8 Å². The van der Waals surface area contributed by atoms with Gasteiger partial charge < -0.3 is 9.84 Å². The molecule has 0 aliphatic carbocycles. The predicted molar refractivity (Wildman–Crippen MR) is 88.7 cm³/mol. The molecule has 4 heterocycles. The lowest BCUT2D eigenvalue weighted by atomic mass is 10.1. The Kier molecular flexibility index (Phi) is 3.34. The quantitative estimate of drug-likeness (QED) is 0.784. The number of hydrogen-bond acceptors (Lipinski definition) is 4. The van der Waals surface area contributed by atoms with Crippen LogP contribution in [0.4, 0.5) is 10.6 Å². The third kappa shape index (κ3) is 2.25. The third-order valence-electron chi connectivity index (χ3n) is 4.22. The van der Waals surface area contributed by atoms with E-state index < -0.39 is 6.09 Å². The van der Waals surface area contributed by atoms with E-state index in [1.807, 2.05) is 28.8 Å². The Morgan fingerprint density at radius 3 is 2.79 bits per heavy atom. The summed E-state index contributed by atoms with van der Waals surface area (Å²) in [5.41, 5.74) is 3.44. The van der Waals surface area contributed by atoms with Crippen molar-refractivity contribution in [2.45, 2.75) is 12.8 Å². The molecule has 4 rings (SSSR count). The fourth-order valence-electron chi connectivity index (χ4n) is 3.07. The molecule has 1 N–H and O–H groups in total. The molecule has 0 aromatic carbocycles. The number of nitrogens with zero attached hydrogens (tertiary/aromatic N) is 4. The van der Waals surface area contributed by atoms with Crippen molar-refractivity contribution >= 4 is 17.6 Å². The number of pyridine rings is 2. The Hall–Kier alpha value is -3.09. The van der Waals surface area contributed by atoms with Gasteiger partial charge in [-0.25, -0.2) is 14.8 Å². The molecule has 0 fully saturated rings. The zero-order chi connectivity index (χ0) is 16.7. The first-order valence-corrected chi connectivity index (χ1v) is 7.69. The van der Waals surface area contributed by atoms with Crippen molar-refractivity contribution in [3.63, 3.8) is 0 Å². The average molecular weight is 324 g/mol. The van der Waals surface area contributed by atoms with Crippen molar-refractivity contribution in [1.82, 2.24) is 14.4 Å². The van der Waals surface area contributed by atoms with Crippen LogP contribution in [0.2, 0.25) is 0 Å². The van der Waals surface area contributed by atoms with Crippen molar-refractivity contribution < 1.29 is 14.6 Å². The lowest BCUT2D eigenvalue weighted by Crippen LogP contribution is -2.34. The molecular formula is C17H16N4O3. The summed E-state index contributed by atoms with van der Waals surface area (Å²) in [5.74, 6) is 1.20. The lowest BCUT2D eigenvalue weighted by molar-refractivity contribution is 0.201. The summed E-state index contributed by atoms with van der Waals surface area (Å²) in [5, 5.41) is 9.47. The van der Waals surface area contributed by atoms with Crippen LogP contribution in [0.3, 0.4) is 0 Å². The monoisotopic (exact) mass is 324 g/mol. The molecule has 1 aliphatic heterocycles. The number of anilines is 1. The molecule has 0 bridgehead atoms. The number of ether oxygens (including phenoxy) is 1. The minimum absolute atomic E-state index is 0.491. The SMILES string of the molecule is COc1ccc(-c2ccc3nc4c(n3c2)N(C(=O)O)CCC4)cn1. The molecule has 0 radical (unpaired) electrons. The summed E-state index contributed by atoms with van der Waals surface area (Å²) in [6.45, 7) is 0.491. The summed E-state index contributed by atoms with van der Waals surface area (Å²) in [6.07, 6.45) is 4.28. The Balaban J connectivity index is 1.85. The number of rotatable bonds is 2. The second-order valence-corrected chi connectivity index (χ2v) is 5.66. The summed E-state index contributed by atoms with van der Waals surface area (Å²) in [4.78, 5) is 21.7. The molecule has 24 heavy (non-hydrogen) atoms. The molecular weight excluding hydrogens is 308 g/mol. The number of amides is 1. The van der Waals surface area contributed by atoms with E-state index in [9.17, 15) is 9.90 Å². The fourth-order valence-corrected chi connectivity index (χ4v) is 3.07. The van der Waals surface area contributed by atoms with Crippen LogP contribution < -0.4 is 9.64 Å². The van der Waals surface area contributed by atoms with Gasteiger partial charge in [-0.3, -0.25) is 9.30 Å². The molecule has 7 heteroatoms. The van der Waals surface area contributed by atoms with Gasteiger partial charge in [0.2, 0.25) is 5.88 Å². The zero-order valence-electron chi connectivity index (χ0n) is 13.1. The van der Waals surface area contributed by atoms with Gasteiger partial charge in [0.25, 0.3) is 0 Å². The zero-order valence-corrected chi connectivity index (χ0v) is 13.1. The number of carboxylic acid groups (broad SMARTS) is 1. The molecule has 1 aliphatic rings. The highest BCUT2D eigenvalue weighted by Crippen LogP contribution is 2.30. The van der Waals surface area contributed by atoms with Crippen molar-refractivity contribution in [2.24, 2.45) is 0 Å². The highest BCUT2D eigenvalue weighted by molar-refractivity contribution is 5.87. The molecule has 1 amide bonds. The summed E-state index contributed by atoms with van der Waals surface area (Å²) >= 11 is 0. The van der Waals surface area contributed by atoms with E-state index in [-0.39, 0.29) is 0 Å². The van der Waals surface area contributed by atoms with Crippen LogP contribution in [-0.2, 0) is 6.42 Å². The molecule has 3 aromatic rings. The van der Waals surface area contributed by atoms with E-state index in [1.165, 1.54) is 4.90 Å². The second-order valence-electron chi connectivity index (χ2n) is 5.66. The van der Waals surface area contributed by atoms with Crippen LogP contribution in [0, 0.1) is 0 Å². The summed E-state index contributed by atoms with van der Waals surface area (Å²) in [6, 6.07) is 7.58. The van der Waals surface area contributed by atoms with E-state index >= 15 is 0 Å². The molecule has 7 nitrogen and oxygen atoms in total. The van der Waals surface area contributed by atoms with E-state index in [0.29, 0.717) is 18.2 Å². The average Bonchev–Trinajstić information content (AvgIpc) is 2.99. The number of fused-ring (bicyclic) bond motifs is 3.